The first-order chi connectivity index (χ1) is 23.8. The van der Waals surface area contributed by atoms with Crippen LogP contribution in [0.1, 0.15) is 0 Å². The molecule has 0 amide bonds. The third-order valence-electron chi connectivity index (χ3n) is 7.03. The summed E-state index contributed by atoms with van der Waals surface area (Å²) in [6.07, 6.45) is 0. The summed E-state index contributed by atoms with van der Waals surface area (Å²) >= 11 is 0. The minimum absolute atomic E-state index is 0.0146. The Morgan fingerprint density at radius 2 is 0.438 bits per heavy atom. The fourth-order valence-electron chi connectivity index (χ4n) is 4.89. The second-order valence-corrected chi connectivity index (χ2v) is 12.6. The Morgan fingerprint density at radius 1 is 0.250 bits per heavy atom. The van der Waals surface area contributed by atoms with E-state index in [0.717, 1.165) is 0 Å². The standard InChI is InChI=1S/C24H20BO4.C18H15S/c1-5-13-21(14-6-1)26-25(27-22-15-7-2-8-16-22,28-23-17-9-3-10-18-23)29-24-19-11-4-12-20-24;1-4-10-16(11-5-1)19(17-12-6-2-7-13-17)18-14-8-3-9-15-18/h1-20H;1-15H/q-1;+1. The van der Waals surface area contributed by atoms with Crippen LogP contribution in [0.15, 0.2) is 227 Å². The summed E-state index contributed by atoms with van der Waals surface area (Å²) in [5, 5.41) is 0. The minimum atomic E-state index is -2.73. The van der Waals surface area contributed by atoms with Crippen molar-refractivity contribution in [2.24, 2.45) is 0 Å². The third-order valence-corrected chi connectivity index (χ3v) is 9.26. The molecule has 7 aromatic rings. The van der Waals surface area contributed by atoms with E-state index in [1.54, 1.807) is 0 Å². The molecule has 0 aromatic heterocycles. The third kappa shape index (κ3) is 9.12. The number of hydrogen-bond acceptors (Lipinski definition) is 4. The smallest absolute Gasteiger partial charge is 0.611 e. The molecule has 0 spiro atoms. The quantitative estimate of drug-likeness (QED) is 0.104. The van der Waals surface area contributed by atoms with E-state index in [4.69, 9.17) is 18.6 Å². The molecule has 7 rings (SSSR count). The van der Waals surface area contributed by atoms with E-state index in [1.807, 2.05) is 121 Å². The fraction of sp³-hybridized carbons (Fsp3) is 0. The van der Waals surface area contributed by atoms with Crippen molar-refractivity contribution in [3.05, 3.63) is 212 Å². The molecule has 0 N–H and O–H groups in total. The largest absolute Gasteiger partial charge is 0.777 e. The molecule has 0 saturated carbocycles. The van der Waals surface area contributed by atoms with E-state index in [1.165, 1.54) is 14.7 Å². The second kappa shape index (κ2) is 16.6. The minimum Gasteiger partial charge on any atom is -0.611 e. The second-order valence-electron chi connectivity index (χ2n) is 10.5. The molecule has 0 unspecified atom stereocenters. The zero-order valence-corrected chi connectivity index (χ0v) is 27.1. The van der Waals surface area contributed by atoms with Crippen molar-refractivity contribution in [1.29, 1.82) is 0 Å². The highest BCUT2D eigenvalue weighted by Crippen LogP contribution is 2.31. The van der Waals surface area contributed by atoms with Gasteiger partial charge in [-0.15, -0.1) is 0 Å². The number of hydrogen-bond donors (Lipinski definition) is 0. The number of rotatable bonds is 11. The van der Waals surface area contributed by atoms with Crippen LogP contribution in [-0.4, -0.2) is 6.96 Å². The van der Waals surface area contributed by atoms with Gasteiger partial charge in [-0.05, 0) is 84.9 Å². The summed E-state index contributed by atoms with van der Waals surface area (Å²) in [5.74, 6) is 2.26. The van der Waals surface area contributed by atoms with Gasteiger partial charge in [-0.25, -0.2) is 0 Å². The van der Waals surface area contributed by atoms with Crippen molar-refractivity contribution >= 4 is 17.9 Å². The van der Waals surface area contributed by atoms with E-state index in [2.05, 4.69) is 91.0 Å². The molecule has 0 saturated heterocycles. The lowest BCUT2D eigenvalue weighted by Gasteiger charge is -2.41. The molecule has 0 aliphatic rings. The molecular formula is C42H35BO4S. The molecule has 0 aliphatic carbocycles. The van der Waals surface area contributed by atoms with Crippen molar-refractivity contribution in [2.75, 3.05) is 0 Å². The van der Waals surface area contributed by atoms with Gasteiger partial charge in [0.1, 0.15) is 0 Å². The van der Waals surface area contributed by atoms with E-state index in [-0.39, 0.29) is 10.9 Å². The van der Waals surface area contributed by atoms with Crippen molar-refractivity contribution in [3.63, 3.8) is 0 Å². The highest BCUT2D eigenvalue weighted by molar-refractivity contribution is 7.97. The molecule has 0 heterocycles. The average molecular weight is 647 g/mol. The maximum Gasteiger partial charge on any atom is 0.777 e. The Hall–Kier alpha value is -5.85. The normalized spacial score (nSPS) is 10.7. The first-order valence-corrected chi connectivity index (χ1v) is 17.0. The van der Waals surface area contributed by atoms with Crippen LogP contribution in [0, 0.1) is 0 Å². The van der Waals surface area contributed by atoms with Crippen molar-refractivity contribution in [3.8, 4) is 23.0 Å². The number of benzene rings is 7. The lowest BCUT2D eigenvalue weighted by Crippen LogP contribution is -2.60. The van der Waals surface area contributed by atoms with E-state index >= 15 is 0 Å². The molecule has 0 aliphatic heterocycles. The Balaban J connectivity index is 0.000000182. The number of para-hydroxylation sites is 4. The Morgan fingerprint density at radius 3 is 0.646 bits per heavy atom. The lowest BCUT2D eigenvalue weighted by atomic mass is 10.0. The van der Waals surface area contributed by atoms with E-state index < -0.39 is 6.96 Å². The summed E-state index contributed by atoms with van der Waals surface area (Å²) in [5.41, 5.74) is 0. The van der Waals surface area contributed by atoms with Gasteiger partial charge < -0.3 is 18.6 Å². The fourth-order valence-corrected chi connectivity index (χ4v) is 6.99. The van der Waals surface area contributed by atoms with Crippen LogP contribution in [0.25, 0.3) is 0 Å². The Labute approximate surface area is 285 Å². The van der Waals surface area contributed by atoms with Crippen LogP contribution in [-0.2, 0) is 10.9 Å². The molecule has 0 radical (unpaired) electrons. The molecule has 7 aromatic carbocycles. The SMILES string of the molecule is c1ccc(O[B-](Oc2ccccc2)(Oc2ccccc2)Oc2ccccc2)cc1.c1ccc([S+](c2ccccc2)c2ccccc2)cc1. The zero-order valence-electron chi connectivity index (χ0n) is 26.3. The zero-order chi connectivity index (χ0) is 32.7. The van der Waals surface area contributed by atoms with Gasteiger partial charge in [0.25, 0.3) is 0 Å². The van der Waals surface area contributed by atoms with Crippen LogP contribution < -0.4 is 18.6 Å². The van der Waals surface area contributed by atoms with Crippen LogP contribution in [0.3, 0.4) is 0 Å². The summed E-state index contributed by atoms with van der Waals surface area (Å²) in [6.45, 7) is -2.73. The average Bonchev–Trinajstić information content (AvgIpc) is 3.15. The Bertz CT molecular complexity index is 1640. The van der Waals surface area contributed by atoms with Gasteiger partial charge in [0.15, 0.2) is 14.7 Å². The topological polar surface area (TPSA) is 36.9 Å². The van der Waals surface area contributed by atoms with Crippen LogP contribution >= 0.6 is 0 Å². The maximum atomic E-state index is 6.21. The first-order valence-electron chi connectivity index (χ1n) is 15.7. The highest BCUT2D eigenvalue weighted by atomic mass is 32.2. The van der Waals surface area contributed by atoms with E-state index in [9.17, 15) is 0 Å². The monoisotopic (exact) mass is 646 g/mol. The van der Waals surface area contributed by atoms with Gasteiger partial charge in [-0.3, -0.25) is 0 Å². The van der Waals surface area contributed by atoms with E-state index in [0.29, 0.717) is 23.0 Å². The van der Waals surface area contributed by atoms with Gasteiger partial charge >= 0.3 is 6.96 Å². The van der Waals surface area contributed by atoms with Crippen molar-refractivity contribution in [2.45, 2.75) is 14.7 Å². The molecule has 0 bridgehead atoms. The van der Waals surface area contributed by atoms with Crippen LogP contribution in [0.4, 0.5) is 0 Å². The molecule has 0 atom stereocenters. The maximum absolute atomic E-state index is 6.21. The van der Waals surface area contributed by atoms with Gasteiger partial charge in [-0.1, -0.05) is 127 Å². The predicted molar refractivity (Wildman–Crippen MR) is 196 cm³/mol. The van der Waals surface area contributed by atoms with Gasteiger partial charge in [0.05, 0.1) is 33.9 Å². The van der Waals surface area contributed by atoms with Crippen molar-refractivity contribution in [1.82, 2.24) is 0 Å². The molecule has 0 fully saturated rings. The van der Waals surface area contributed by atoms with Crippen molar-refractivity contribution < 1.29 is 18.6 Å². The summed E-state index contributed by atoms with van der Waals surface area (Å²) < 4.78 is 24.8. The van der Waals surface area contributed by atoms with Crippen LogP contribution in [0.5, 0.6) is 23.0 Å². The lowest BCUT2D eigenvalue weighted by molar-refractivity contribution is 0.161. The summed E-state index contributed by atoms with van der Waals surface area (Å²) in [4.78, 5) is 4.08. The summed E-state index contributed by atoms with van der Waals surface area (Å²) in [7, 11) is -0.0146. The molecule has 48 heavy (non-hydrogen) atoms. The molecule has 236 valence electrons. The first kappa shape index (κ1) is 32.1. The van der Waals surface area contributed by atoms with Gasteiger partial charge in [0.2, 0.25) is 0 Å². The van der Waals surface area contributed by atoms with Gasteiger partial charge in [0, 0.05) is 0 Å². The highest BCUT2D eigenvalue weighted by Gasteiger charge is 2.43. The predicted octanol–water partition coefficient (Wildman–Crippen LogP) is 10.5. The molecule has 4 nitrogen and oxygen atoms in total. The molecule has 6 heteroatoms. The molecular weight excluding hydrogens is 611 g/mol. The van der Waals surface area contributed by atoms with Gasteiger partial charge in [-0.2, -0.15) is 0 Å². The Kier molecular flexibility index (Phi) is 11.1. The summed E-state index contributed by atoms with van der Waals surface area (Å²) in [6, 6.07) is 69.4. The van der Waals surface area contributed by atoms with Crippen LogP contribution in [0.2, 0.25) is 0 Å².